The van der Waals surface area contributed by atoms with Gasteiger partial charge >= 0.3 is 11.9 Å². The summed E-state index contributed by atoms with van der Waals surface area (Å²) in [4.78, 5) is 40.5. The number of allylic oxidation sites excluding steroid dienone is 1. The van der Waals surface area contributed by atoms with Crippen molar-refractivity contribution in [3.05, 3.63) is 71.3 Å². The van der Waals surface area contributed by atoms with Gasteiger partial charge in [-0.15, -0.1) is 0 Å². The molecule has 46 heavy (non-hydrogen) atoms. The van der Waals surface area contributed by atoms with Crippen LogP contribution in [0.1, 0.15) is 83.5 Å². The van der Waals surface area contributed by atoms with Crippen molar-refractivity contribution in [3.8, 4) is 0 Å². The van der Waals surface area contributed by atoms with Crippen LogP contribution in [0.2, 0.25) is 0 Å². The van der Waals surface area contributed by atoms with E-state index in [0.29, 0.717) is 0 Å². The number of fused-ring (bicyclic) bond motifs is 5. The van der Waals surface area contributed by atoms with E-state index in [2.05, 4.69) is 6.92 Å². The van der Waals surface area contributed by atoms with Gasteiger partial charge in [0.15, 0.2) is 17.0 Å². The maximum absolute atomic E-state index is 13.6. The van der Waals surface area contributed by atoms with Gasteiger partial charge in [-0.2, -0.15) is 0 Å². The Kier molecular flexibility index (Phi) is 9.29. The van der Waals surface area contributed by atoms with Crippen LogP contribution in [0.15, 0.2) is 65.8 Å². The monoisotopic (exact) mass is 636 g/mol. The predicted octanol–water partition coefficient (Wildman–Crippen LogP) is 4.23. The van der Waals surface area contributed by atoms with E-state index in [1.807, 2.05) is 19.9 Å². The molecule has 0 aromatic heterocycles. The van der Waals surface area contributed by atoms with Crippen molar-refractivity contribution >= 4 is 17.7 Å². The summed E-state index contributed by atoms with van der Waals surface area (Å²) in [6, 6.07) is 8.37. The van der Waals surface area contributed by atoms with E-state index in [1.165, 1.54) is 19.1 Å². The molecule has 0 bridgehead atoms. The summed E-state index contributed by atoms with van der Waals surface area (Å²) in [7, 11) is 0. The Hall–Kier alpha value is -3.11. The van der Waals surface area contributed by atoms with Gasteiger partial charge in [0.2, 0.25) is 0 Å². The predicted molar refractivity (Wildman–Crippen MR) is 170 cm³/mol. The third-order valence-corrected chi connectivity index (χ3v) is 11.3. The van der Waals surface area contributed by atoms with E-state index in [9.17, 15) is 34.8 Å². The van der Waals surface area contributed by atoms with E-state index in [4.69, 9.17) is 9.47 Å². The van der Waals surface area contributed by atoms with Crippen LogP contribution in [0.4, 0.5) is 0 Å². The number of aliphatic hydroxyl groups excluding tert-OH is 2. The highest BCUT2D eigenvalue weighted by molar-refractivity contribution is 6.05. The molecule has 4 aliphatic rings. The molecule has 0 saturated heterocycles. The van der Waals surface area contributed by atoms with E-state index < -0.39 is 82.4 Å². The molecule has 0 amide bonds. The Morgan fingerprint density at radius 3 is 2.37 bits per heavy atom. The lowest BCUT2D eigenvalue weighted by Gasteiger charge is -2.53. The van der Waals surface area contributed by atoms with E-state index >= 15 is 0 Å². The quantitative estimate of drug-likeness (QED) is 0.159. The van der Waals surface area contributed by atoms with Crippen molar-refractivity contribution in [2.45, 2.75) is 102 Å². The summed E-state index contributed by atoms with van der Waals surface area (Å²) in [5, 5.41) is 46.5. The Morgan fingerprint density at radius 1 is 1.02 bits per heavy atom. The normalized spacial score (nSPS) is 37.4. The third kappa shape index (κ3) is 5.02. The first-order chi connectivity index (χ1) is 21.7. The number of ketones is 1. The molecular weight excluding hydrogens is 588 g/mol. The van der Waals surface area contributed by atoms with Gasteiger partial charge in [-0.05, 0) is 43.0 Å². The van der Waals surface area contributed by atoms with E-state index in [-0.39, 0.29) is 23.1 Å². The van der Waals surface area contributed by atoms with Gasteiger partial charge < -0.3 is 29.9 Å². The number of aliphatic hydroxyl groups is 4. The third-order valence-electron chi connectivity index (χ3n) is 11.3. The number of rotatable bonds is 11. The molecule has 2 fully saturated rings. The Morgan fingerprint density at radius 2 is 1.72 bits per heavy atom. The number of carbonyl (C=O) groups excluding carboxylic acids is 3. The first-order valence-corrected chi connectivity index (χ1v) is 16.5. The van der Waals surface area contributed by atoms with Crippen molar-refractivity contribution in [3.63, 3.8) is 0 Å². The molecule has 0 unspecified atom stereocenters. The van der Waals surface area contributed by atoms with Crippen LogP contribution < -0.4 is 0 Å². The highest BCUT2D eigenvalue weighted by Gasteiger charge is 2.88. The molecule has 1 aromatic carbocycles. The van der Waals surface area contributed by atoms with Gasteiger partial charge in [-0.25, -0.2) is 4.79 Å². The maximum Gasteiger partial charge on any atom is 0.338 e. The summed E-state index contributed by atoms with van der Waals surface area (Å²) in [6.07, 6.45) is 9.09. The largest absolute Gasteiger partial charge is 0.454 e. The summed E-state index contributed by atoms with van der Waals surface area (Å²) < 4.78 is 12.6. The highest BCUT2D eigenvalue weighted by Crippen LogP contribution is 2.77. The number of Topliss-reactive ketones (excluding diaryl/α,β-unsaturated/α-hetero) is 1. The minimum absolute atomic E-state index is 0.00858. The first-order valence-electron chi connectivity index (χ1n) is 16.5. The summed E-state index contributed by atoms with van der Waals surface area (Å²) >= 11 is 0. The average Bonchev–Trinajstić information content (AvgIpc) is 3.44. The molecular formula is C37H48O9. The van der Waals surface area contributed by atoms with Gasteiger partial charge in [-0.1, -0.05) is 89.5 Å². The molecule has 9 heteroatoms. The van der Waals surface area contributed by atoms with Crippen LogP contribution in [-0.4, -0.2) is 73.8 Å². The summed E-state index contributed by atoms with van der Waals surface area (Å²) in [5.41, 5.74) is -6.22. The molecule has 250 valence electrons. The molecule has 0 radical (unpaired) electrons. The van der Waals surface area contributed by atoms with Gasteiger partial charge in [0.1, 0.15) is 12.2 Å². The number of carbonyl (C=O) groups is 3. The molecule has 4 N–H and O–H groups in total. The van der Waals surface area contributed by atoms with Crippen molar-refractivity contribution in [1.82, 2.24) is 0 Å². The lowest BCUT2D eigenvalue weighted by molar-refractivity contribution is -0.225. The smallest absolute Gasteiger partial charge is 0.338 e. The molecule has 9 nitrogen and oxygen atoms in total. The molecule has 2 saturated carbocycles. The van der Waals surface area contributed by atoms with Crippen molar-refractivity contribution in [2.24, 2.45) is 29.1 Å². The molecule has 0 aliphatic heterocycles. The molecule has 0 spiro atoms. The van der Waals surface area contributed by atoms with Crippen LogP contribution in [0, 0.1) is 29.1 Å². The van der Waals surface area contributed by atoms with E-state index in [1.54, 1.807) is 43.3 Å². The molecule has 4 aliphatic carbocycles. The molecule has 1 aromatic rings. The van der Waals surface area contributed by atoms with Gasteiger partial charge in [0, 0.05) is 29.1 Å². The zero-order valence-corrected chi connectivity index (χ0v) is 27.4. The number of unbranched alkanes of at least 4 members (excludes halogenated alkanes) is 4. The van der Waals surface area contributed by atoms with Crippen LogP contribution in [-0.2, 0) is 19.1 Å². The minimum atomic E-state index is -2.46. The number of esters is 2. The lowest BCUT2D eigenvalue weighted by Crippen LogP contribution is -2.67. The van der Waals surface area contributed by atoms with E-state index in [0.717, 1.165) is 32.1 Å². The zero-order valence-electron chi connectivity index (χ0n) is 27.4. The fourth-order valence-electron chi connectivity index (χ4n) is 8.81. The fraction of sp³-hybridized carbons (Fsp3) is 0.595. The van der Waals surface area contributed by atoms with Gasteiger partial charge in [0.05, 0.1) is 24.2 Å². The van der Waals surface area contributed by atoms with Gasteiger partial charge in [-0.3, -0.25) is 9.59 Å². The summed E-state index contributed by atoms with van der Waals surface area (Å²) in [6.45, 7) is 8.39. The Balaban J connectivity index is 1.57. The van der Waals surface area contributed by atoms with Crippen molar-refractivity contribution < 1.29 is 44.3 Å². The van der Waals surface area contributed by atoms with Gasteiger partial charge in [0.25, 0.3) is 0 Å². The van der Waals surface area contributed by atoms with Crippen molar-refractivity contribution in [2.75, 3.05) is 6.61 Å². The number of hydrogen-bond acceptors (Lipinski definition) is 9. The van der Waals surface area contributed by atoms with Crippen LogP contribution in [0.3, 0.4) is 0 Å². The SMILES string of the molecule is CCCCCC/C=C/CC(=O)O[C@@]12[C@H](OC(=O)c3ccccc3)[C@@H](C)[C@]3(O)[C@@H]4C=C(C)C(=O)[C@@]4(O)[C@H](O)C(CO)=C[C@H]3[C@@H]1C2(C)C. The first kappa shape index (κ1) is 34.2. The minimum Gasteiger partial charge on any atom is -0.454 e. The second-order valence-corrected chi connectivity index (χ2v) is 14.2. The number of benzene rings is 1. The summed E-state index contributed by atoms with van der Waals surface area (Å²) in [5.74, 6) is -5.79. The number of ether oxygens (including phenoxy) is 2. The maximum atomic E-state index is 13.6. The van der Waals surface area contributed by atoms with Crippen LogP contribution in [0.25, 0.3) is 0 Å². The second kappa shape index (κ2) is 12.5. The standard InChI is InChI=1S/C37H48O9/c1-6-7-8-9-10-11-15-18-28(39)46-37-29(34(37,4)5)26-20-25(21-38)31(41)36(44)27(19-22(2)30(36)40)35(26,43)23(3)32(37)45-33(42)24-16-13-12-14-17-24/h11-17,19-20,23,26-27,29,31-32,38,41,43-44H,6-10,18,21H2,1-5H3/b15-11+/t23-,26+,27+,29-,31-,32-,35-,36-,37-/m1/s1. The Bertz CT molecular complexity index is 1440. The molecule has 9 atom stereocenters. The lowest BCUT2D eigenvalue weighted by atomic mass is 9.58. The fourth-order valence-corrected chi connectivity index (χ4v) is 8.81. The molecule has 5 rings (SSSR count). The average molecular weight is 637 g/mol. The van der Waals surface area contributed by atoms with Crippen molar-refractivity contribution in [1.29, 1.82) is 0 Å². The Labute approximate surface area is 271 Å². The van der Waals surface area contributed by atoms with Crippen LogP contribution in [0.5, 0.6) is 0 Å². The molecule has 0 heterocycles. The second-order valence-electron chi connectivity index (χ2n) is 14.2. The zero-order chi connectivity index (χ0) is 33.7. The topological polar surface area (TPSA) is 151 Å². The van der Waals surface area contributed by atoms with Crippen LogP contribution >= 0.6 is 0 Å². The highest BCUT2D eigenvalue weighted by atomic mass is 16.6. The number of hydrogen-bond donors (Lipinski definition) is 4.